The van der Waals surface area contributed by atoms with Crippen LogP contribution >= 0.6 is 31.9 Å². The fourth-order valence-corrected chi connectivity index (χ4v) is 4.01. The van der Waals surface area contributed by atoms with Crippen molar-refractivity contribution in [3.8, 4) is 0 Å². The van der Waals surface area contributed by atoms with Crippen molar-refractivity contribution in [2.24, 2.45) is 0 Å². The molecule has 0 radical (unpaired) electrons. The number of carbonyl (C=O) groups excluding carboxylic acids is 3. The zero-order chi connectivity index (χ0) is 22.8. The van der Waals surface area contributed by atoms with Crippen molar-refractivity contribution in [3.63, 3.8) is 0 Å². The molecule has 0 bridgehead atoms. The first-order valence-electron chi connectivity index (χ1n) is 9.52. The predicted octanol–water partition coefficient (Wildman–Crippen LogP) is 5.61. The number of nitrogens with one attached hydrogen (secondary N) is 1. The third-order valence-corrected chi connectivity index (χ3v) is 5.90. The van der Waals surface area contributed by atoms with Gasteiger partial charge in [-0.15, -0.1) is 0 Å². The van der Waals surface area contributed by atoms with Crippen LogP contribution in [0.5, 0.6) is 0 Å². The van der Waals surface area contributed by atoms with Crippen molar-refractivity contribution in [1.29, 1.82) is 0 Å². The second-order valence-electron chi connectivity index (χ2n) is 7.08. The average Bonchev–Trinajstić information content (AvgIpc) is 2.74. The summed E-state index contributed by atoms with van der Waals surface area (Å²) < 4.78 is 15.2. The van der Waals surface area contributed by atoms with Gasteiger partial charge in [0.2, 0.25) is 0 Å². The van der Waals surface area contributed by atoms with Crippen LogP contribution in [0, 0.1) is 5.82 Å². The van der Waals surface area contributed by atoms with E-state index in [1.165, 1.54) is 18.2 Å². The van der Waals surface area contributed by atoms with Crippen molar-refractivity contribution in [2.45, 2.75) is 6.42 Å². The molecule has 0 atom stereocenters. The molecule has 1 saturated heterocycles. The van der Waals surface area contributed by atoms with Crippen LogP contribution in [-0.4, -0.2) is 17.8 Å². The van der Waals surface area contributed by atoms with E-state index in [-0.39, 0.29) is 11.4 Å². The summed E-state index contributed by atoms with van der Waals surface area (Å²) in [6, 6.07) is 17.4. The lowest BCUT2D eigenvalue weighted by Crippen LogP contribution is -2.54. The van der Waals surface area contributed by atoms with Gasteiger partial charge in [-0.3, -0.25) is 14.9 Å². The highest BCUT2D eigenvalue weighted by Gasteiger charge is 2.36. The maximum absolute atomic E-state index is 13.6. The Morgan fingerprint density at radius 3 is 2.34 bits per heavy atom. The van der Waals surface area contributed by atoms with Gasteiger partial charge in [-0.2, -0.15) is 0 Å². The van der Waals surface area contributed by atoms with Crippen molar-refractivity contribution < 1.29 is 18.8 Å². The fourth-order valence-electron chi connectivity index (χ4n) is 3.37. The molecule has 1 N–H and O–H groups in total. The molecule has 3 aromatic carbocycles. The van der Waals surface area contributed by atoms with Crippen LogP contribution in [0.1, 0.15) is 16.7 Å². The largest absolute Gasteiger partial charge is 0.335 e. The Labute approximate surface area is 200 Å². The van der Waals surface area contributed by atoms with Crippen LogP contribution in [0.15, 0.2) is 81.2 Å². The lowest BCUT2D eigenvalue weighted by molar-refractivity contribution is -0.122. The number of halogens is 3. The average molecular weight is 558 g/mol. The molecule has 1 aliphatic heterocycles. The van der Waals surface area contributed by atoms with E-state index in [0.29, 0.717) is 17.7 Å². The molecule has 0 saturated carbocycles. The van der Waals surface area contributed by atoms with Crippen LogP contribution in [-0.2, 0) is 16.0 Å². The summed E-state index contributed by atoms with van der Waals surface area (Å²) in [6.07, 6.45) is 1.85. The van der Waals surface area contributed by atoms with E-state index in [4.69, 9.17) is 0 Å². The number of rotatable bonds is 4. The minimum absolute atomic E-state index is 0.175. The highest BCUT2D eigenvalue weighted by atomic mass is 79.9. The minimum Gasteiger partial charge on any atom is -0.273 e. The van der Waals surface area contributed by atoms with E-state index in [2.05, 4.69) is 37.2 Å². The Balaban J connectivity index is 1.74. The predicted molar refractivity (Wildman–Crippen MR) is 126 cm³/mol. The van der Waals surface area contributed by atoms with Gasteiger partial charge < -0.3 is 0 Å². The van der Waals surface area contributed by atoms with Crippen LogP contribution < -0.4 is 10.2 Å². The number of imide groups is 2. The standard InChI is InChI=1S/C24H15Br2FN2O3/c25-17-6-8-20(9-7-17)29-23(31)21(22(30)28-24(29)32)13-16-12-18(26)5-4-15(16)10-14-2-1-3-19(27)11-14/h1-9,11-13H,10H2,(H,28,30,32)/b21-13+. The van der Waals surface area contributed by atoms with E-state index in [1.807, 2.05) is 12.1 Å². The zero-order valence-electron chi connectivity index (χ0n) is 16.4. The summed E-state index contributed by atoms with van der Waals surface area (Å²) in [6.45, 7) is 0. The molecular formula is C24H15Br2FN2O3. The number of carbonyl (C=O) groups is 3. The lowest BCUT2D eigenvalue weighted by atomic mass is 9.97. The number of anilines is 1. The second kappa shape index (κ2) is 9.18. The van der Waals surface area contributed by atoms with Crippen LogP contribution in [0.2, 0.25) is 0 Å². The molecule has 5 nitrogen and oxygen atoms in total. The summed E-state index contributed by atoms with van der Waals surface area (Å²) >= 11 is 6.72. The van der Waals surface area contributed by atoms with E-state index in [9.17, 15) is 18.8 Å². The van der Waals surface area contributed by atoms with Gasteiger partial charge in [0.25, 0.3) is 11.8 Å². The van der Waals surface area contributed by atoms with Crippen molar-refractivity contribution >= 4 is 61.5 Å². The Bertz CT molecular complexity index is 1270. The van der Waals surface area contributed by atoms with Crippen molar-refractivity contribution in [1.82, 2.24) is 5.32 Å². The highest BCUT2D eigenvalue weighted by Crippen LogP contribution is 2.26. The maximum Gasteiger partial charge on any atom is 0.335 e. The molecule has 4 amide bonds. The second-order valence-corrected chi connectivity index (χ2v) is 8.92. The molecule has 4 rings (SSSR count). The van der Waals surface area contributed by atoms with Gasteiger partial charge in [0.1, 0.15) is 11.4 Å². The van der Waals surface area contributed by atoms with Gasteiger partial charge in [-0.25, -0.2) is 14.1 Å². The number of amides is 4. The molecule has 1 heterocycles. The molecule has 0 aromatic heterocycles. The van der Waals surface area contributed by atoms with Crippen LogP contribution in [0.25, 0.3) is 6.08 Å². The van der Waals surface area contributed by atoms with Gasteiger partial charge in [-0.1, -0.05) is 50.1 Å². The summed E-state index contributed by atoms with van der Waals surface area (Å²) in [7, 11) is 0. The number of nitrogens with zero attached hydrogens (tertiary/aromatic N) is 1. The maximum atomic E-state index is 13.6. The Kier molecular flexibility index (Phi) is 6.34. The summed E-state index contributed by atoms with van der Waals surface area (Å²) in [4.78, 5) is 39.0. The Morgan fingerprint density at radius 1 is 0.906 bits per heavy atom. The van der Waals surface area contributed by atoms with Gasteiger partial charge in [0.05, 0.1) is 5.69 Å². The van der Waals surface area contributed by atoms with Gasteiger partial charge in [-0.05, 0) is 77.7 Å². The molecule has 3 aromatic rings. The Morgan fingerprint density at radius 2 is 1.62 bits per heavy atom. The molecule has 8 heteroatoms. The smallest absolute Gasteiger partial charge is 0.273 e. The minimum atomic E-state index is -0.811. The molecule has 1 aliphatic rings. The van der Waals surface area contributed by atoms with Crippen molar-refractivity contribution in [2.75, 3.05) is 4.90 Å². The van der Waals surface area contributed by atoms with Crippen LogP contribution in [0.3, 0.4) is 0 Å². The van der Waals surface area contributed by atoms with Crippen LogP contribution in [0.4, 0.5) is 14.9 Å². The number of hydrogen-bond donors (Lipinski definition) is 1. The summed E-state index contributed by atoms with van der Waals surface area (Å²) in [5.74, 6) is -1.84. The first-order valence-corrected chi connectivity index (χ1v) is 11.1. The first kappa shape index (κ1) is 22.1. The molecule has 32 heavy (non-hydrogen) atoms. The first-order chi connectivity index (χ1) is 15.3. The number of barbiturate groups is 1. The molecule has 0 aliphatic carbocycles. The topological polar surface area (TPSA) is 66.5 Å². The Hall–Kier alpha value is -3.10. The number of hydrogen-bond acceptors (Lipinski definition) is 3. The van der Waals surface area contributed by atoms with E-state index in [1.54, 1.807) is 42.5 Å². The summed E-state index contributed by atoms with van der Waals surface area (Å²) in [5.41, 5.74) is 2.30. The quantitative estimate of drug-likeness (QED) is 0.335. The van der Waals surface area contributed by atoms with E-state index < -0.39 is 17.8 Å². The van der Waals surface area contributed by atoms with Gasteiger partial charge >= 0.3 is 6.03 Å². The normalized spacial score (nSPS) is 15.3. The molecular weight excluding hydrogens is 543 g/mol. The molecule has 0 unspecified atom stereocenters. The third-order valence-electron chi connectivity index (χ3n) is 4.88. The summed E-state index contributed by atoms with van der Waals surface area (Å²) in [5, 5.41) is 2.22. The van der Waals surface area contributed by atoms with E-state index in [0.717, 1.165) is 25.0 Å². The van der Waals surface area contributed by atoms with Gasteiger partial charge in [0.15, 0.2) is 0 Å². The van der Waals surface area contributed by atoms with E-state index >= 15 is 0 Å². The SMILES string of the molecule is O=C1NC(=O)N(c2ccc(Br)cc2)C(=O)/C1=C/c1cc(Br)ccc1Cc1cccc(F)c1. The zero-order valence-corrected chi connectivity index (χ0v) is 19.6. The van der Waals surface area contributed by atoms with Gasteiger partial charge in [0, 0.05) is 8.95 Å². The third kappa shape index (κ3) is 4.71. The highest BCUT2D eigenvalue weighted by molar-refractivity contribution is 9.10. The molecule has 1 fully saturated rings. The number of urea groups is 1. The monoisotopic (exact) mass is 556 g/mol. The lowest BCUT2D eigenvalue weighted by Gasteiger charge is -2.26. The number of benzene rings is 3. The van der Waals surface area contributed by atoms with Crippen molar-refractivity contribution in [3.05, 3.63) is 104 Å². The molecule has 0 spiro atoms. The molecule has 160 valence electrons. The fraction of sp³-hybridized carbons (Fsp3) is 0.0417.